The second kappa shape index (κ2) is 11.3. The normalized spacial score (nSPS) is 10.7. The molecule has 0 unspecified atom stereocenters. The average molecular weight is 424 g/mol. The van der Waals surface area contributed by atoms with Gasteiger partial charge in [-0.15, -0.1) is 0 Å². The predicted molar refractivity (Wildman–Crippen MR) is 108 cm³/mol. The minimum atomic E-state index is -0.876. The number of rotatable bonds is 8. The molecular weight excluding hydrogens is 405 g/mol. The van der Waals surface area contributed by atoms with Crippen molar-refractivity contribution in [2.24, 2.45) is 5.10 Å². The lowest BCUT2D eigenvalue weighted by Crippen LogP contribution is -2.39. The topological polar surface area (TPSA) is 89.0 Å². The fourth-order valence-corrected chi connectivity index (χ4v) is 2.53. The summed E-state index contributed by atoms with van der Waals surface area (Å²) in [6, 6.07) is 12.3. The van der Waals surface area contributed by atoms with Gasteiger partial charge in [-0.1, -0.05) is 41.4 Å². The number of hydrogen-bond acceptors (Lipinski definition) is 5. The molecule has 9 heteroatoms. The van der Waals surface area contributed by atoms with Gasteiger partial charge >= 0.3 is 11.8 Å². The zero-order chi connectivity index (χ0) is 20.4. The molecule has 7 nitrogen and oxygen atoms in total. The molecule has 28 heavy (non-hydrogen) atoms. The van der Waals surface area contributed by atoms with E-state index in [0.717, 1.165) is 5.56 Å². The van der Waals surface area contributed by atoms with Crippen LogP contribution in [0, 0.1) is 0 Å². The number of nitrogens with one attached hydrogen (secondary N) is 2. The molecule has 0 aliphatic rings. The number of carbonyl (C=O) groups is 2. The highest BCUT2D eigenvalue weighted by Crippen LogP contribution is 2.23. The highest BCUT2D eigenvalue weighted by molar-refractivity contribution is 6.35. The van der Waals surface area contributed by atoms with Gasteiger partial charge in [-0.25, -0.2) is 5.43 Å². The van der Waals surface area contributed by atoms with Gasteiger partial charge in [0.2, 0.25) is 0 Å². The van der Waals surface area contributed by atoms with Gasteiger partial charge in [-0.2, -0.15) is 5.10 Å². The van der Waals surface area contributed by atoms with Crippen LogP contribution in [0.2, 0.25) is 10.0 Å². The van der Waals surface area contributed by atoms with E-state index < -0.39 is 11.8 Å². The lowest BCUT2D eigenvalue weighted by Gasteiger charge is -2.10. The van der Waals surface area contributed by atoms with Crippen LogP contribution in [-0.4, -0.2) is 38.3 Å². The van der Waals surface area contributed by atoms with Crippen LogP contribution in [0.1, 0.15) is 11.1 Å². The van der Waals surface area contributed by atoms with E-state index in [1.165, 1.54) is 13.3 Å². The van der Waals surface area contributed by atoms with Crippen LogP contribution < -0.4 is 15.5 Å². The second-order valence-corrected chi connectivity index (χ2v) is 6.35. The Morgan fingerprint density at radius 3 is 2.68 bits per heavy atom. The molecule has 0 spiro atoms. The molecule has 2 aromatic rings. The van der Waals surface area contributed by atoms with Crippen LogP contribution in [-0.2, 0) is 20.9 Å². The number of methoxy groups -OCH3 is 1. The molecule has 0 saturated carbocycles. The summed E-state index contributed by atoms with van der Waals surface area (Å²) in [4.78, 5) is 23.2. The van der Waals surface area contributed by atoms with Crippen molar-refractivity contribution in [3.8, 4) is 5.75 Å². The Morgan fingerprint density at radius 1 is 1.14 bits per heavy atom. The number of halogens is 2. The Kier molecular flexibility index (Phi) is 8.74. The smallest absolute Gasteiger partial charge is 0.329 e. The van der Waals surface area contributed by atoms with E-state index in [0.29, 0.717) is 28.0 Å². The van der Waals surface area contributed by atoms with Crippen LogP contribution in [0.3, 0.4) is 0 Å². The Morgan fingerprint density at radius 2 is 1.93 bits per heavy atom. The van der Waals surface area contributed by atoms with Gasteiger partial charge in [0.05, 0.1) is 12.8 Å². The Bertz CT molecular complexity index is 859. The number of para-hydroxylation sites is 1. The van der Waals surface area contributed by atoms with E-state index in [1.807, 2.05) is 0 Å². The van der Waals surface area contributed by atoms with Gasteiger partial charge in [-0.3, -0.25) is 9.59 Å². The summed E-state index contributed by atoms with van der Waals surface area (Å²) in [5, 5.41) is 7.24. The van der Waals surface area contributed by atoms with Crippen LogP contribution in [0.4, 0.5) is 0 Å². The number of ether oxygens (including phenoxy) is 2. The first-order chi connectivity index (χ1) is 13.5. The van der Waals surface area contributed by atoms with Crippen molar-refractivity contribution in [3.63, 3.8) is 0 Å². The number of carbonyl (C=O) groups excluding carboxylic acids is 2. The molecule has 0 fully saturated rings. The second-order valence-electron chi connectivity index (χ2n) is 5.51. The maximum Gasteiger partial charge on any atom is 0.329 e. The largest absolute Gasteiger partial charge is 0.488 e. The van der Waals surface area contributed by atoms with Crippen molar-refractivity contribution in [2.75, 3.05) is 20.3 Å². The Labute approximate surface area is 172 Å². The molecule has 2 aromatic carbocycles. The van der Waals surface area contributed by atoms with E-state index in [9.17, 15) is 9.59 Å². The zero-order valence-electron chi connectivity index (χ0n) is 15.1. The molecule has 0 atom stereocenters. The van der Waals surface area contributed by atoms with Crippen molar-refractivity contribution in [1.82, 2.24) is 10.7 Å². The van der Waals surface area contributed by atoms with Gasteiger partial charge in [0.25, 0.3) is 0 Å². The monoisotopic (exact) mass is 423 g/mol. The predicted octanol–water partition coefficient (Wildman–Crippen LogP) is 2.79. The molecule has 148 valence electrons. The summed E-state index contributed by atoms with van der Waals surface area (Å²) >= 11 is 12.0. The molecule has 0 radical (unpaired) electrons. The lowest BCUT2D eigenvalue weighted by molar-refractivity contribution is -0.139. The van der Waals surface area contributed by atoms with E-state index >= 15 is 0 Å². The maximum absolute atomic E-state index is 11.7. The summed E-state index contributed by atoms with van der Waals surface area (Å²) in [5.41, 5.74) is 3.56. The summed E-state index contributed by atoms with van der Waals surface area (Å²) in [5.74, 6) is -1.13. The number of nitrogens with zero attached hydrogens (tertiary/aromatic N) is 1. The molecule has 0 aliphatic heterocycles. The van der Waals surface area contributed by atoms with Crippen LogP contribution in [0.25, 0.3) is 0 Å². The molecule has 2 rings (SSSR count). The number of benzene rings is 2. The van der Waals surface area contributed by atoms with Crippen LogP contribution in [0.5, 0.6) is 5.75 Å². The van der Waals surface area contributed by atoms with E-state index in [1.54, 1.807) is 42.5 Å². The van der Waals surface area contributed by atoms with Gasteiger partial charge in [0.15, 0.2) is 0 Å². The molecule has 2 amide bonds. The van der Waals surface area contributed by atoms with Crippen LogP contribution in [0.15, 0.2) is 47.6 Å². The van der Waals surface area contributed by atoms with E-state index in [4.69, 9.17) is 32.7 Å². The molecule has 2 N–H and O–H groups in total. The third-order valence-electron chi connectivity index (χ3n) is 3.49. The van der Waals surface area contributed by atoms with E-state index in [-0.39, 0.29) is 13.2 Å². The first-order valence-electron chi connectivity index (χ1n) is 8.27. The number of hydrazone groups is 1. The van der Waals surface area contributed by atoms with E-state index in [2.05, 4.69) is 15.8 Å². The SMILES string of the molecule is COCCNC(=O)C(=O)N/N=C\c1ccccc1OCc1ccc(Cl)cc1Cl. The summed E-state index contributed by atoms with van der Waals surface area (Å²) in [6.45, 7) is 0.774. The van der Waals surface area contributed by atoms with Gasteiger partial charge < -0.3 is 14.8 Å². The van der Waals surface area contributed by atoms with Crippen molar-refractivity contribution in [1.29, 1.82) is 0 Å². The molecule has 0 saturated heterocycles. The first-order valence-corrected chi connectivity index (χ1v) is 9.02. The fraction of sp³-hybridized carbons (Fsp3) is 0.211. The minimum Gasteiger partial charge on any atom is -0.488 e. The Hall–Kier alpha value is -2.61. The van der Waals surface area contributed by atoms with Crippen molar-refractivity contribution < 1.29 is 19.1 Å². The summed E-state index contributed by atoms with van der Waals surface area (Å²) < 4.78 is 10.6. The standard InChI is InChI=1S/C19H19Cl2N3O4/c1-27-9-8-22-18(25)19(26)24-23-11-13-4-2-3-5-17(13)28-12-14-6-7-15(20)10-16(14)21/h2-7,10-11H,8-9,12H2,1H3,(H,22,25)(H,24,26)/b23-11-. The summed E-state index contributed by atoms with van der Waals surface area (Å²) in [6.07, 6.45) is 1.39. The van der Waals surface area contributed by atoms with Crippen molar-refractivity contribution >= 4 is 41.2 Å². The zero-order valence-corrected chi connectivity index (χ0v) is 16.6. The molecule has 0 bridgehead atoms. The van der Waals surface area contributed by atoms with Gasteiger partial charge in [0.1, 0.15) is 12.4 Å². The number of amides is 2. The van der Waals surface area contributed by atoms with Crippen molar-refractivity contribution in [2.45, 2.75) is 6.61 Å². The lowest BCUT2D eigenvalue weighted by atomic mass is 10.2. The van der Waals surface area contributed by atoms with Gasteiger partial charge in [0, 0.05) is 34.8 Å². The fourth-order valence-electron chi connectivity index (χ4n) is 2.07. The maximum atomic E-state index is 11.7. The molecule has 0 aromatic heterocycles. The molecular formula is C19H19Cl2N3O4. The highest BCUT2D eigenvalue weighted by Gasteiger charge is 2.11. The molecule has 0 heterocycles. The number of hydrogen-bond donors (Lipinski definition) is 2. The van der Waals surface area contributed by atoms with Gasteiger partial charge in [-0.05, 0) is 24.3 Å². The third-order valence-corrected chi connectivity index (χ3v) is 4.07. The minimum absolute atomic E-state index is 0.231. The third kappa shape index (κ3) is 6.84. The Balaban J connectivity index is 1.94. The van der Waals surface area contributed by atoms with Crippen molar-refractivity contribution in [3.05, 3.63) is 63.6 Å². The quantitative estimate of drug-likeness (QED) is 0.295. The average Bonchev–Trinajstić information content (AvgIpc) is 2.68. The highest BCUT2D eigenvalue weighted by atomic mass is 35.5. The van der Waals surface area contributed by atoms with Crippen LogP contribution >= 0.6 is 23.2 Å². The molecule has 0 aliphatic carbocycles. The summed E-state index contributed by atoms with van der Waals surface area (Å²) in [7, 11) is 1.50. The first kappa shape index (κ1) is 21.7.